The smallest absolute Gasteiger partial charge is 0.264 e. The number of rotatable bonds is 11. The van der Waals surface area contributed by atoms with E-state index in [4.69, 9.17) is 0 Å². The van der Waals surface area contributed by atoms with Gasteiger partial charge in [0.25, 0.3) is 10.0 Å². The summed E-state index contributed by atoms with van der Waals surface area (Å²) in [6.07, 6.45) is 0.222. The molecule has 0 radical (unpaired) electrons. The lowest BCUT2D eigenvalue weighted by Gasteiger charge is -2.34. The molecule has 212 valence electrons. The molecule has 4 rings (SSSR count). The molecule has 1 atom stereocenters. The van der Waals surface area contributed by atoms with Gasteiger partial charge in [-0.25, -0.2) is 12.8 Å². The van der Waals surface area contributed by atoms with E-state index in [2.05, 4.69) is 5.32 Å². The zero-order valence-electron chi connectivity index (χ0n) is 22.9. The van der Waals surface area contributed by atoms with E-state index < -0.39 is 34.3 Å². The third-order valence-electron chi connectivity index (χ3n) is 6.84. The molecule has 1 N–H and O–H groups in total. The fourth-order valence-electron chi connectivity index (χ4n) is 4.55. The number of nitrogens with zero attached hydrogens (tertiary/aromatic N) is 2. The van der Waals surface area contributed by atoms with Gasteiger partial charge in [0.2, 0.25) is 11.8 Å². The Morgan fingerprint density at radius 2 is 1.41 bits per heavy atom. The number of halogens is 1. The highest BCUT2D eigenvalue weighted by Crippen LogP contribution is 2.25. The highest BCUT2D eigenvalue weighted by atomic mass is 32.2. The molecule has 0 unspecified atom stereocenters. The highest BCUT2D eigenvalue weighted by Gasteiger charge is 2.34. The maximum atomic E-state index is 14.2. The lowest BCUT2D eigenvalue weighted by atomic mass is 10.0. The molecule has 0 aliphatic heterocycles. The van der Waals surface area contributed by atoms with Crippen molar-refractivity contribution in [1.29, 1.82) is 0 Å². The molecule has 0 heterocycles. The molecule has 41 heavy (non-hydrogen) atoms. The Labute approximate surface area is 240 Å². The van der Waals surface area contributed by atoms with Crippen LogP contribution in [0.15, 0.2) is 114 Å². The van der Waals surface area contributed by atoms with Crippen molar-refractivity contribution in [3.63, 3.8) is 0 Å². The number of hydrogen-bond acceptors (Lipinski definition) is 4. The second kappa shape index (κ2) is 13.2. The summed E-state index contributed by atoms with van der Waals surface area (Å²) < 4.78 is 42.4. The Kier molecular flexibility index (Phi) is 9.52. The first-order valence-electron chi connectivity index (χ1n) is 13.1. The van der Waals surface area contributed by atoms with Gasteiger partial charge >= 0.3 is 0 Å². The van der Waals surface area contributed by atoms with E-state index in [0.29, 0.717) is 0 Å². The lowest BCUT2D eigenvalue weighted by Crippen LogP contribution is -2.53. The summed E-state index contributed by atoms with van der Waals surface area (Å²) in [5.74, 6) is -1.50. The molecule has 0 aromatic heterocycles. The minimum absolute atomic E-state index is 0.0188. The van der Waals surface area contributed by atoms with Crippen molar-refractivity contribution >= 4 is 27.5 Å². The Morgan fingerprint density at radius 3 is 2.02 bits per heavy atom. The van der Waals surface area contributed by atoms with Crippen molar-refractivity contribution in [3.8, 4) is 0 Å². The van der Waals surface area contributed by atoms with Crippen LogP contribution in [0.3, 0.4) is 0 Å². The summed E-state index contributed by atoms with van der Waals surface area (Å²) in [6.45, 7) is 1.39. The summed E-state index contributed by atoms with van der Waals surface area (Å²) in [5, 5.41) is 2.66. The molecule has 9 heteroatoms. The zero-order chi connectivity index (χ0) is 29.4. The van der Waals surface area contributed by atoms with Crippen LogP contribution in [-0.2, 0) is 32.6 Å². The fourth-order valence-corrected chi connectivity index (χ4v) is 5.98. The van der Waals surface area contributed by atoms with Gasteiger partial charge in [0.1, 0.15) is 18.4 Å². The molecule has 0 fully saturated rings. The molecule has 7 nitrogen and oxygen atoms in total. The van der Waals surface area contributed by atoms with Gasteiger partial charge in [0.15, 0.2) is 0 Å². The van der Waals surface area contributed by atoms with Crippen LogP contribution >= 0.6 is 0 Å². The molecular formula is C32H32FN3O4S. The number of carbonyl (C=O) groups is 2. The summed E-state index contributed by atoms with van der Waals surface area (Å²) in [7, 11) is -2.72. The first-order valence-corrected chi connectivity index (χ1v) is 14.6. The monoisotopic (exact) mass is 573 g/mol. The number of hydrogen-bond donors (Lipinski definition) is 1. The molecule has 0 saturated carbocycles. The van der Waals surface area contributed by atoms with Crippen LogP contribution in [0.5, 0.6) is 0 Å². The van der Waals surface area contributed by atoms with Gasteiger partial charge in [-0.3, -0.25) is 13.9 Å². The van der Waals surface area contributed by atoms with Crippen LogP contribution in [0.25, 0.3) is 0 Å². The Hall–Kier alpha value is -4.50. The third-order valence-corrected chi connectivity index (χ3v) is 8.63. The van der Waals surface area contributed by atoms with Crippen molar-refractivity contribution in [2.75, 3.05) is 17.9 Å². The second-order valence-electron chi connectivity index (χ2n) is 9.57. The number of nitrogens with one attached hydrogen (secondary N) is 1. The van der Waals surface area contributed by atoms with Crippen LogP contribution in [-0.4, -0.2) is 44.8 Å². The number of carbonyl (C=O) groups excluding carboxylic acids is 2. The number of likely N-dealkylation sites (N-methyl/N-ethyl adjacent to an activating group) is 1. The molecule has 0 aliphatic rings. The van der Waals surface area contributed by atoms with Crippen LogP contribution in [0.1, 0.15) is 16.7 Å². The summed E-state index contributed by atoms with van der Waals surface area (Å²) in [6, 6.07) is 28.5. The van der Waals surface area contributed by atoms with Gasteiger partial charge in [-0.1, -0.05) is 72.8 Å². The van der Waals surface area contributed by atoms with Crippen LogP contribution in [0, 0.1) is 12.7 Å². The van der Waals surface area contributed by atoms with E-state index in [-0.39, 0.29) is 29.5 Å². The predicted octanol–water partition coefficient (Wildman–Crippen LogP) is 4.72. The Morgan fingerprint density at radius 1 is 0.829 bits per heavy atom. The van der Waals surface area contributed by atoms with Gasteiger partial charge in [-0.15, -0.1) is 0 Å². The average molecular weight is 574 g/mol. The topological polar surface area (TPSA) is 86.8 Å². The fraction of sp³-hybridized carbons (Fsp3) is 0.188. The zero-order valence-corrected chi connectivity index (χ0v) is 23.7. The van der Waals surface area contributed by atoms with Gasteiger partial charge in [0.05, 0.1) is 10.6 Å². The van der Waals surface area contributed by atoms with Crippen LogP contribution in [0.4, 0.5) is 10.1 Å². The quantitative estimate of drug-likeness (QED) is 0.282. The van der Waals surface area contributed by atoms with Crippen molar-refractivity contribution < 1.29 is 22.4 Å². The van der Waals surface area contributed by atoms with Gasteiger partial charge < -0.3 is 10.2 Å². The number of aryl methyl sites for hydroxylation is 1. The molecule has 4 aromatic carbocycles. The largest absolute Gasteiger partial charge is 0.357 e. The van der Waals surface area contributed by atoms with E-state index in [9.17, 15) is 22.4 Å². The predicted molar refractivity (Wildman–Crippen MR) is 157 cm³/mol. The molecular weight excluding hydrogens is 541 g/mol. The van der Waals surface area contributed by atoms with E-state index in [1.807, 2.05) is 61.5 Å². The number of benzene rings is 4. The van der Waals surface area contributed by atoms with Gasteiger partial charge in [0, 0.05) is 20.0 Å². The lowest BCUT2D eigenvalue weighted by molar-refractivity contribution is -0.139. The average Bonchev–Trinajstić information content (AvgIpc) is 2.99. The normalized spacial score (nSPS) is 11.9. The van der Waals surface area contributed by atoms with Crippen molar-refractivity contribution in [1.82, 2.24) is 10.2 Å². The maximum absolute atomic E-state index is 14.2. The highest BCUT2D eigenvalue weighted by molar-refractivity contribution is 7.92. The summed E-state index contributed by atoms with van der Waals surface area (Å²) in [4.78, 5) is 28.9. The molecule has 2 amide bonds. The molecule has 0 saturated heterocycles. The van der Waals surface area contributed by atoms with Crippen molar-refractivity contribution in [2.45, 2.75) is 30.8 Å². The standard InChI is InChI=1S/C32H32FN3O4S/c1-24-11-9-10-14-26(24)22-35(30(32(38)34-2)21-25-12-5-3-6-13-25)31(37)23-36(28-19-17-27(33)18-20-28)41(39,40)29-15-7-4-8-16-29/h3-20,30H,21-23H2,1-2H3,(H,34,38)/t30-/m0/s1. The SMILES string of the molecule is CNC(=O)[C@H](Cc1ccccc1)N(Cc1ccccc1C)C(=O)CN(c1ccc(F)cc1)S(=O)(=O)c1ccccc1. The number of anilines is 1. The third kappa shape index (κ3) is 7.18. The summed E-state index contributed by atoms with van der Waals surface area (Å²) >= 11 is 0. The van der Waals surface area contributed by atoms with Gasteiger partial charge in [-0.2, -0.15) is 0 Å². The molecule has 4 aromatic rings. The minimum Gasteiger partial charge on any atom is -0.357 e. The van der Waals surface area contributed by atoms with Crippen molar-refractivity contribution in [2.24, 2.45) is 0 Å². The number of amides is 2. The minimum atomic E-state index is -4.22. The Balaban J connectivity index is 1.78. The van der Waals surface area contributed by atoms with E-state index in [1.54, 1.807) is 18.2 Å². The molecule has 0 spiro atoms. The van der Waals surface area contributed by atoms with E-state index in [1.165, 1.54) is 36.2 Å². The Bertz CT molecular complexity index is 1580. The summed E-state index contributed by atoms with van der Waals surface area (Å²) in [5.41, 5.74) is 2.71. The molecule has 0 bridgehead atoms. The molecule has 0 aliphatic carbocycles. The maximum Gasteiger partial charge on any atom is 0.264 e. The van der Waals surface area contributed by atoms with Crippen molar-refractivity contribution in [3.05, 3.63) is 132 Å². The van der Waals surface area contributed by atoms with Gasteiger partial charge in [-0.05, 0) is 60.0 Å². The number of sulfonamides is 1. The van der Waals surface area contributed by atoms with E-state index >= 15 is 0 Å². The second-order valence-corrected chi connectivity index (χ2v) is 11.4. The van der Waals surface area contributed by atoms with Crippen LogP contribution in [0.2, 0.25) is 0 Å². The first-order chi connectivity index (χ1) is 19.7. The van der Waals surface area contributed by atoms with E-state index in [0.717, 1.165) is 33.1 Å². The van der Waals surface area contributed by atoms with Crippen LogP contribution < -0.4 is 9.62 Å². The first kappa shape index (κ1) is 29.5.